The highest BCUT2D eigenvalue weighted by Crippen LogP contribution is 2.17. The summed E-state index contributed by atoms with van der Waals surface area (Å²) in [5, 5.41) is 0.781. The smallest absolute Gasteiger partial charge is 0.289 e. The monoisotopic (exact) mass is 281 g/mol. The molecule has 0 aliphatic heterocycles. The Hall–Kier alpha value is -3.22. The van der Waals surface area contributed by atoms with Crippen LogP contribution in [-0.2, 0) is 0 Å². The lowest BCUT2D eigenvalue weighted by Gasteiger charge is -2.05. The van der Waals surface area contributed by atoms with E-state index in [9.17, 15) is 9.59 Å². The molecule has 2 amide bonds. The minimum Gasteiger partial charge on any atom is -0.360 e. The number of nitrogens with one attached hydrogen (secondary N) is 3. The first-order valence-corrected chi connectivity index (χ1v) is 6.18. The molecular weight excluding hydrogens is 270 g/mol. The lowest BCUT2D eigenvalue weighted by Crippen LogP contribution is -2.41. The van der Waals surface area contributed by atoms with Crippen molar-refractivity contribution in [1.29, 1.82) is 0 Å². The van der Waals surface area contributed by atoms with E-state index >= 15 is 0 Å². The first kappa shape index (κ1) is 12.8. The number of nitrogens with zero attached hydrogens (tertiary/aromatic N) is 2. The number of rotatable bonds is 2. The average molecular weight is 281 g/mol. The van der Waals surface area contributed by atoms with Crippen LogP contribution in [0.1, 0.15) is 20.8 Å². The van der Waals surface area contributed by atoms with E-state index in [1.165, 1.54) is 18.6 Å². The van der Waals surface area contributed by atoms with E-state index in [4.69, 9.17) is 0 Å². The van der Waals surface area contributed by atoms with Crippen LogP contribution in [0.4, 0.5) is 0 Å². The fourth-order valence-corrected chi connectivity index (χ4v) is 1.92. The molecule has 0 unspecified atom stereocenters. The summed E-state index contributed by atoms with van der Waals surface area (Å²) >= 11 is 0. The van der Waals surface area contributed by atoms with Gasteiger partial charge in [0.2, 0.25) is 0 Å². The second-order valence-electron chi connectivity index (χ2n) is 4.25. The molecule has 0 fully saturated rings. The summed E-state index contributed by atoms with van der Waals surface area (Å²) in [5.41, 5.74) is 6.07. The fraction of sp³-hybridized carbons (Fsp3) is 0. The molecular formula is C14H11N5O2. The van der Waals surface area contributed by atoms with E-state index < -0.39 is 11.8 Å². The van der Waals surface area contributed by atoms with Crippen molar-refractivity contribution < 1.29 is 9.59 Å². The summed E-state index contributed by atoms with van der Waals surface area (Å²) in [4.78, 5) is 34.4. The summed E-state index contributed by atoms with van der Waals surface area (Å²) in [6, 6.07) is 7.40. The zero-order chi connectivity index (χ0) is 14.7. The standard InChI is InChI=1S/C14H11N5O2/c20-13(10-7-17-11-4-2-1-3-9(10)11)18-19-14(21)12-8-15-5-6-16-12/h1-8,17H,(H,18,20)(H,19,21). The number of hydrazine groups is 1. The third-order valence-electron chi connectivity index (χ3n) is 2.92. The Morgan fingerprint density at radius 2 is 1.86 bits per heavy atom. The molecule has 0 saturated carbocycles. The van der Waals surface area contributed by atoms with Crippen molar-refractivity contribution in [2.24, 2.45) is 0 Å². The maximum atomic E-state index is 12.1. The van der Waals surface area contributed by atoms with Crippen LogP contribution in [0.15, 0.2) is 49.1 Å². The zero-order valence-corrected chi connectivity index (χ0v) is 10.8. The average Bonchev–Trinajstić information content (AvgIpc) is 2.97. The number of para-hydroxylation sites is 1. The number of fused-ring (bicyclic) bond motifs is 1. The normalized spacial score (nSPS) is 10.3. The molecule has 7 nitrogen and oxygen atoms in total. The summed E-state index contributed by atoms with van der Waals surface area (Å²) in [7, 11) is 0. The first-order valence-electron chi connectivity index (χ1n) is 6.18. The van der Waals surface area contributed by atoms with Gasteiger partial charge in [-0.1, -0.05) is 18.2 Å². The van der Waals surface area contributed by atoms with Gasteiger partial charge < -0.3 is 4.98 Å². The molecule has 21 heavy (non-hydrogen) atoms. The SMILES string of the molecule is O=C(NNC(=O)c1c[nH]c2ccccc12)c1cnccn1. The molecule has 0 bridgehead atoms. The number of aromatic nitrogens is 3. The number of carbonyl (C=O) groups is 2. The van der Waals surface area contributed by atoms with Crippen molar-refractivity contribution in [1.82, 2.24) is 25.8 Å². The van der Waals surface area contributed by atoms with Crippen LogP contribution in [0.25, 0.3) is 10.9 Å². The van der Waals surface area contributed by atoms with Gasteiger partial charge in [0.05, 0.1) is 11.8 Å². The Bertz CT molecular complexity index is 797. The summed E-state index contributed by atoms with van der Waals surface area (Å²) in [6.07, 6.45) is 5.76. The highest BCUT2D eigenvalue weighted by Gasteiger charge is 2.13. The number of benzene rings is 1. The van der Waals surface area contributed by atoms with Crippen molar-refractivity contribution in [2.45, 2.75) is 0 Å². The van der Waals surface area contributed by atoms with Gasteiger partial charge in [0.25, 0.3) is 11.8 Å². The molecule has 7 heteroatoms. The molecule has 104 valence electrons. The quantitative estimate of drug-likeness (QED) is 0.611. The predicted molar refractivity (Wildman–Crippen MR) is 75.3 cm³/mol. The number of amides is 2. The van der Waals surface area contributed by atoms with Crippen molar-refractivity contribution in [3.05, 3.63) is 60.3 Å². The molecule has 2 heterocycles. The van der Waals surface area contributed by atoms with E-state index in [1.807, 2.05) is 24.3 Å². The van der Waals surface area contributed by atoms with Crippen LogP contribution in [0.3, 0.4) is 0 Å². The van der Waals surface area contributed by atoms with Gasteiger partial charge in [-0.2, -0.15) is 0 Å². The van der Waals surface area contributed by atoms with Gasteiger partial charge in [-0.3, -0.25) is 25.4 Å². The highest BCUT2D eigenvalue weighted by atomic mass is 16.2. The second-order valence-corrected chi connectivity index (χ2v) is 4.25. The molecule has 0 aliphatic carbocycles. The Kier molecular flexibility index (Phi) is 3.30. The van der Waals surface area contributed by atoms with Crippen LogP contribution in [0.2, 0.25) is 0 Å². The molecule has 0 radical (unpaired) electrons. The Labute approximate surface area is 119 Å². The molecule has 0 aliphatic rings. The molecule has 0 spiro atoms. The minimum atomic E-state index is -0.531. The zero-order valence-electron chi connectivity index (χ0n) is 10.8. The molecule has 3 N–H and O–H groups in total. The Morgan fingerprint density at radius 3 is 2.67 bits per heavy atom. The van der Waals surface area contributed by atoms with E-state index in [1.54, 1.807) is 6.20 Å². The van der Waals surface area contributed by atoms with Gasteiger partial charge in [0.15, 0.2) is 0 Å². The Morgan fingerprint density at radius 1 is 1.05 bits per heavy atom. The summed E-state index contributed by atoms with van der Waals surface area (Å²) < 4.78 is 0. The first-order chi connectivity index (χ1) is 10.3. The summed E-state index contributed by atoms with van der Waals surface area (Å²) in [6.45, 7) is 0. The maximum absolute atomic E-state index is 12.1. The third kappa shape index (κ3) is 2.57. The van der Waals surface area contributed by atoms with Crippen LogP contribution in [0, 0.1) is 0 Å². The van der Waals surface area contributed by atoms with Gasteiger partial charge in [-0.15, -0.1) is 0 Å². The van der Waals surface area contributed by atoms with Crippen LogP contribution < -0.4 is 10.9 Å². The second kappa shape index (κ2) is 5.41. The van der Waals surface area contributed by atoms with E-state index in [-0.39, 0.29) is 5.69 Å². The van der Waals surface area contributed by atoms with Crippen LogP contribution >= 0.6 is 0 Å². The van der Waals surface area contributed by atoms with Crippen LogP contribution in [-0.4, -0.2) is 26.8 Å². The Balaban J connectivity index is 1.71. The number of carbonyl (C=O) groups excluding carboxylic acids is 2. The predicted octanol–water partition coefficient (Wildman–Crippen LogP) is 1.03. The van der Waals surface area contributed by atoms with E-state index in [0.29, 0.717) is 5.56 Å². The molecule has 2 aromatic heterocycles. The minimum absolute atomic E-state index is 0.122. The number of aromatic amines is 1. The number of hydrogen-bond donors (Lipinski definition) is 3. The van der Waals surface area contributed by atoms with Gasteiger partial charge in [0.1, 0.15) is 5.69 Å². The van der Waals surface area contributed by atoms with Gasteiger partial charge in [0, 0.05) is 29.5 Å². The van der Waals surface area contributed by atoms with Gasteiger partial charge >= 0.3 is 0 Å². The topological polar surface area (TPSA) is 99.8 Å². The maximum Gasteiger partial charge on any atom is 0.289 e. The van der Waals surface area contributed by atoms with Gasteiger partial charge in [-0.25, -0.2) is 4.98 Å². The number of hydrogen-bond acceptors (Lipinski definition) is 4. The van der Waals surface area contributed by atoms with Crippen molar-refractivity contribution >= 4 is 22.7 Å². The molecule has 3 rings (SSSR count). The largest absolute Gasteiger partial charge is 0.360 e. The fourth-order valence-electron chi connectivity index (χ4n) is 1.92. The van der Waals surface area contributed by atoms with E-state index in [0.717, 1.165) is 10.9 Å². The molecule has 0 saturated heterocycles. The molecule has 0 atom stereocenters. The highest BCUT2D eigenvalue weighted by molar-refractivity contribution is 6.07. The van der Waals surface area contributed by atoms with Crippen molar-refractivity contribution in [3.63, 3.8) is 0 Å². The lowest BCUT2D eigenvalue weighted by atomic mass is 10.2. The molecule has 1 aromatic carbocycles. The van der Waals surface area contributed by atoms with E-state index in [2.05, 4.69) is 25.8 Å². The van der Waals surface area contributed by atoms with Gasteiger partial charge in [-0.05, 0) is 6.07 Å². The summed E-state index contributed by atoms with van der Waals surface area (Å²) in [5.74, 6) is -0.944. The molecule has 3 aromatic rings. The number of H-pyrrole nitrogens is 1. The third-order valence-corrected chi connectivity index (χ3v) is 2.92. The van der Waals surface area contributed by atoms with Crippen molar-refractivity contribution in [3.8, 4) is 0 Å². The lowest BCUT2D eigenvalue weighted by molar-refractivity contribution is 0.0844. The van der Waals surface area contributed by atoms with Crippen LogP contribution in [0.5, 0.6) is 0 Å². The van der Waals surface area contributed by atoms with Crippen molar-refractivity contribution in [2.75, 3.05) is 0 Å².